The Morgan fingerprint density at radius 1 is 1.25 bits per heavy atom. The molecule has 2 rings (SSSR count). The number of ether oxygens (including phenoxy) is 1. The minimum Gasteiger partial charge on any atom is -0.494 e. The first-order valence-corrected chi connectivity index (χ1v) is 7.07. The highest BCUT2D eigenvalue weighted by Crippen LogP contribution is 2.26. The lowest BCUT2D eigenvalue weighted by Crippen LogP contribution is -2.04. The number of benzene rings is 2. The number of halogens is 2. The monoisotopic (exact) mass is 338 g/mol. The molecule has 106 valence electrons. The van der Waals surface area contributed by atoms with Gasteiger partial charge >= 0.3 is 0 Å². The number of aliphatic hydroxyl groups is 1. The van der Waals surface area contributed by atoms with Crippen molar-refractivity contribution >= 4 is 15.9 Å². The Kier molecular flexibility index (Phi) is 4.78. The van der Waals surface area contributed by atoms with Crippen molar-refractivity contribution in [2.45, 2.75) is 19.4 Å². The van der Waals surface area contributed by atoms with E-state index in [-0.39, 0.29) is 5.75 Å². The van der Waals surface area contributed by atoms with Gasteiger partial charge in [0.15, 0.2) is 11.6 Å². The Labute approximate surface area is 126 Å². The third-order valence-electron chi connectivity index (χ3n) is 3.24. The topological polar surface area (TPSA) is 29.5 Å². The van der Waals surface area contributed by atoms with Crippen LogP contribution in [0.5, 0.6) is 5.75 Å². The molecule has 20 heavy (non-hydrogen) atoms. The summed E-state index contributed by atoms with van der Waals surface area (Å²) in [6, 6.07) is 10.5. The molecule has 0 fully saturated rings. The summed E-state index contributed by atoms with van der Waals surface area (Å²) in [4.78, 5) is 0. The first-order valence-electron chi connectivity index (χ1n) is 6.28. The molecular weight excluding hydrogens is 323 g/mol. The van der Waals surface area contributed by atoms with Crippen molar-refractivity contribution in [3.63, 3.8) is 0 Å². The van der Waals surface area contributed by atoms with Gasteiger partial charge in [-0.15, -0.1) is 0 Å². The van der Waals surface area contributed by atoms with Gasteiger partial charge < -0.3 is 9.84 Å². The fourth-order valence-corrected chi connectivity index (χ4v) is 2.66. The molecule has 1 unspecified atom stereocenters. The highest BCUT2D eigenvalue weighted by atomic mass is 79.9. The number of aryl methyl sites for hydroxylation is 1. The van der Waals surface area contributed by atoms with Gasteiger partial charge in [0.05, 0.1) is 13.2 Å². The van der Waals surface area contributed by atoms with Gasteiger partial charge in [0.25, 0.3) is 0 Å². The molecule has 1 N–H and O–H groups in total. The molecular formula is C16H16BrFO2. The van der Waals surface area contributed by atoms with Crippen LogP contribution >= 0.6 is 15.9 Å². The summed E-state index contributed by atoms with van der Waals surface area (Å²) in [5.41, 5.74) is 2.59. The summed E-state index contributed by atoms with van der Waals surface area (Å²) in [5.74, 6) is -0.201. The highest BCUT2D eigenvalue weighted by molar-refractivity contribution is 9.10. The third-order valence-corrected chi connectivity index (χ3v) is 3.73. The predicted molar refractivity (Wildman–Crippen MR) is 80.5 cm³/mol. The first-order chi connectivity index (χ1) is 9.51. The largest absolute Gasteiger partial charge is 0.494 e. The minimum atomic E-state index is -0.657. The van der Waals surface area contributed by atoms with Crippen molar-refractivity contribution in [3.05, 3.63) is 63.4 Å². The lowest BCUT2D eigenvalue weighted by Gasteiger charge is -2.14. The second-order valence-corrected chi connectivity index (χ2v) is 5.61. The molecule has 0 saturated carbocycles. The van der Waals surface area contributed by atoms with E-state index < -0.39 is 11.9 Å². The van der Waals surface area contributed by atoms with Crippen LogP contribution in [0.15, 0.2) is 40.9 Å². The summed E-state index contributed by atoms with van der Waals surface area (Å²) >= 11 is 3.39. The van der Waals surface area contributed by atoms with E-state index in [9.17, 15) is 9.50 Å². The molecule has 2 aromatic rings. The summed E-state index contributed by atoms with van der Waals surface area (Å²) < 4.78 is 19.5. The summed E-state index contributed by atoms with van der Waals surface area (Å²) in [7, 11) is 1.43. The van der Waals surface area contributed by atoms with E-state index >= 15 is 0 Å². The van der Waals surface area contributed by atoms with E-state index in [4.69, 9.17) is 4.74 Å². The van der Waals surface area contributed by atoms with Crippen LogP contribution in [0.25, 0.3) is 0 Å². The average molecular weight is 339 g/mol. The quantitative estimate of drug-likeness (QED) is 0.905. The van der Waals surface area contributed by atoms with Gasteiger partial charge in [-0.25, -0.2) is 4.39 Å². The number of methoxy groups -OCH3 is 1. The summed E-state index contributed by atoms with van der Waals surface area (Å²) in [6.45, 7) is 1.94. The van der Waals surface area contributed by atoms with Crippen LogP contribution in [-0.2, 0) is 6.42 Å². The van der Waals surface area contributed by atoms with Crippen molar-refractivity contribution < 1.29 is 14.2 Å². The van der Waals surface area contributed by atoms with E-state index in [2.05, 4.69) is 15.9 Å². The number of hydrogen-bond acceptors (Lipinski definition) is 2. The van der Waals surface area contributed by atoms with Crippen LogP contribution in [0, 0.1) is 12.7 Å². The molecule has 0 saturated heterocycles. The highest BCUT2D eigenvalue weighted by Gasteiger charge is 2.13. The van der Waals surface area contributed by atoms with Crippen LogP contribution in [0.2, 0.25) is 0 Å². The van der Waals surface area contributed by atoms with Crippen LogP contribution in [0.1, 0.15) is 22.8 Å². The number of hydrogen-bond donors (Lipinski definition) is 1. The molecule has 0 aliphatic rings. The van der Waals surface area contributed by atoms with Gasteiger partial charge in [-0.1, -0.05) is 28.1 Å². The Bertz CT molecular complexity index is 613. The molecule has 0 heterocycles. The standard InChI is InChI=1S/C16H16BrFO2/c1-10-7-12(17)4-5-13(10)15(19)9-11-3-6-16(20-2)14(18)8-11/h3-8,15,19H,9H2,1-2H3. The number of rotatable bonds is 4. The maximum absolute atomic E-state index is 13.6. The van der Waals surface area contributed by atoms with Crippen molar-refractivity contribution in [3.8, 4) is 5.75 Å². The van der Waals surface area contributed by atoms with Crippen LogP contribution in [-0.4, -0.2) is 12.2 Å². The van der Waals surface area contributed by atoms with Gasteiger partial charge in [0.2, 0.25) is 0 Å². The van der Waals surface area contributed by atoms with Gasteiger partial charge in [-0.3, -0.25) is 0 Å². The smallest absolute Gasteiger partial charge is 0.165 e. The third kappa shape index (κ3) is 3.38. The Morgan fingerprint density at radius 2 is 2.00 bits per heavy atom. The van der Waals surface area contributed by atoms with Crippen LogP contribution < -0.4 is 4.74 Å². The molecule has 0 spiro atoms. The summed E-state index contributed by atoms with van der Waals surface area (Å²) in [6.07, 6.45) is -0.292. The Morgan fingerprint density at radius 3 is 2.60 bits per heavy atom. The van der Waals surface area contributed by atoms with Crippen LogP contribution in [0.4, 0.5) is 4.39 Å². The van der Waals surface area contributed by atoms with Crippen LogP contribution in [0.3, 0.4) is 0 Å². The zero-order chi connectivity index (χ0) is 14.7. The molecule has 2 aromatic carbocycles. The van der Waals surface area contributed by atoms with Gasteiger partial charge in [0, 0.05) is 10.9 Å². The van der Waals surface area contributed by atoms with Crippen molar-refractivity contribution in [2.75, 3.05) is 7.11 Å². The van der Waals surface area contributed by atoms with Crippen molar-refractivity contribution in [1.82, 2.24) is 0 Å². The van der Waals surface area contributed by atoms with E-state index in [0.717, 1.165) is 21.2 Å². The second-order valence-electron chi connectivity index (χ2n) is 4.69. The van der Waals surface area contributed by atoms with E-state index in [1.807, 2.05) is 25.1 Å². The van der Waals surface area contributed by atoms with Crippen molar-refractivity contribution in [1.29, 1.82) is 0 Å². The Balaban J connectivity index is 2.18. The van der Waals surface area contributed by atoms with Gasteiger partial charge in [-0.2, -0.15) is 0 Å². The predicted octanol–water partition coefficient (Wildman–Crippen LogP) is 4.18. The molecule has 2 nitrogen and oxygen atoms in total. The molecule has 0 aliphatic heterocycles. The molecule has 1 atom stereocenters. The van der Waals surface area contributed by atoms with E-state index in [0.29, 0.717) is 6.42 Å². The maximum atomic E-state index is 13.6. The lowest BCUT2D eigenvalue weighted by atomic mass is 9.98. The first kappa shape index (κ1) is 15.0. The maximum Gasteiger partial charge on any atom is 0.165 e. The molecule has 0 bridgehead atoms. The molecule has 0 aliphatic carbocycles. The van der Waals surface area contributed by atoms with Gasteiger partial charge in [0.1, 0.15) is 0 Å². The average Bonchev–Trinajstić information content (AvgIpc) is 2.38. The zero-order valence-corrected chi connectivity index (χ0v) is 12.9. The number of aliphatic hydroxyl groups excluding tert-OH is 1. The van der Waals surface area contributed by atoms with Crippen molar-refractivity contribution in [2.24, 2.45) is 0 Å². The molecule has 0 aromatic heterocycles. The molecule has 0 radical (unpaired) electrons. The Hall–Kier alpha value is -1.39. The molecule has 0 amide bonds. The zero-order valence-electron chi connectivity index (χ0n) is 11.4. The summed E-state index contributed by atoms with van der Waals surface area (Å²) in [5, 5.41) is 10.3. The normalized spacial score (nSPS) is 12.2. The second kappa shape index (κ2) is 6.37. The fourth-order valence-electron chi connectivity index (χ4n) is 2.18. The molecule has 4 heteroatoms. The van der Waals surface area contributed by atoms with Gasteiger partial charge in [-0.05, 0) is 47.9 Å². The fraction of sp³-hybridized carbons (Fsp3) is 0.250. The lowest BCUT2D eigenvalue weighted by molar-refractivity contribution is 0.177. The van der Waals surface area contributed by atoms with E-state index in [1.165, 1.54) is 13.2 Å². The van der Waals surface area contributed by atoms with E-state index in [1.54, 1.807) is 12.1 Å². The minimum absolute atomic E-state index is 0.211. The SMILES string of the molecule is COc1ccc(CC(O)c2ccc(Br)cc2C)cc1F.